The summed E-state index contributed by atoms with van der Waals surface area (Å²) in [5, 5.41) is 26.6. The van der Waals surface area contributed by atoms with Gasteiger partial charge in [-0.2, -0.15) is 0 Å². The Labute approximate surface area is 153 Å². The molecule has 1 unspecified atom stereocenters. The molecule has 8 heteroatoms. The van der Waals surface area contributed by atoms with Crippen LogP contribution < -0.4 is 16.0 Å². The van der Waals surface area contributed by atoms with Crippen molar-refractivity contribution >= 4 is 17.9 Å². The van der Waals surface area contributed by atoms with Crippen molar-refractivity contribution in [3.63, 3.8) is 0 Å². The zero-order chi connectivity index (χ0) is 18.9. The van der Waals surface area contributed by atoms with Crippen LogP contribution >= 0.6 is 0 Å². The Balaban J connectivity index is 1.37. The molecular formula is C18H29N3O5. The molecule has 0 aromatic heterocycles. The number of nitrogens with one attached hydrogen (secondary N) is 3. The molecule has 3 amide bonds. The fourth-order valence-corrected chi connectivity index (χ4v) is 5.27. The van der Waals surface area contributed by atoms with Crippen LogP contribution in [0.4, 0.5) is 4.79 Å². The summed E-state index contributed by atoms with van der Waals surface area (Å²) < 4.78 is 0. The van der Waals surface area contributed by atoms with Gasteiger partial charge in [-0.3, -0.25) is 4.79 Å². The lowest BCUT2D eigenvalue weighted by Crippen LogP contribution is -2.61. The Morgan fingerprint density at radius 3 is 2.08 bits per heavy atom. The zero-order valence-corrected chi connectivity index (χ0v) is 15.2. The number of carbonyl (C=O) groups excluding carboxylic acids is 2. The van der Waals surface area contributed by atoms with Gasteiger partial charge >= 0.3 is 12.0 Å². The molecule has 0 aliphatic heterocycles. The average Bonchev–Trinajstić information content (AvgIpc) is 2.51. The fourth-order valence-electron chi connectivity index (χ4n) is 5.27. The number of carboxylic acids is 1. The molecule has 26 heavy (non-hydrogen) atoms. The van der Waals surface area contributed by atoms with Crippen LogP contribution in [0, 0.1) is 17.8 Å². The van der Waals surface area contributed by atoms with Gasteiger partial charge in [0.05, 0.1) is 6.54 Å². The van der Waals surface area contributed by atoms with Gasteiger partial charge < -0.3 is 26.2 Å². The van der Waals surface area contributed by atoms with Gasteiger partial charge in [-0.15, -0.1) is 0 Å². The number of aliphatic carboxylic acids is 1. The Bertz CT molecular complexity index is 554. The number of urea groups is 1. The molecule has 1 atom stereocenters. The van der Waals surface area contributed by atoms with Gasteiger partial charge in [0.1, 0.15) is 0 Å². The third-order valence-electron chi connectivity index (χ3n) is 6.15. The summed E-state index contributed by atoms with van der Waals surface area (Å²) >= 11 is 0. The highest BCUT2D eigenvalue weighted by Crippen LogP contribution is 2.55. The van der Waals surface area contributed by atoms with E-state index in [1.807, 2.05) is 0 Å². The lowest BCUT2D eigenvalue weighted by Gasteiger charge is -2.56. The Morgan fingerprint density at radius 2 is 1.58 bits per heavy atom. The Hall–Kier alpha value is -1.83. The second kappa shape index (κ2) is 7.06. The van der Waals surface area contributed by atoms with Crippen LogP contribution in [0.25, 0.3) is 0 Å². The van der Waals surface area contributed by atoms with Crippen molar-refractivity contribution in [1.29, 1.82) is 0 Å². The highest BCUT2D eigenvalue weighted by Gasteiger charge is 2.51. The van der Waals surface area contributed by atoms with Crippen LogP contribution in [0.3, 0.4) is 0 Å². The van der Waals surface area contributed by atoms with Crippen LogP contribution in [-0.4, -0.2) is 52.4 Å². The monoisotopic (exact) mass is 367 g/mol. The predicted octanol–water partition coefficient (Wildman–Crippen LogP) is 0.596. The smallest absolute Gasteiger partial charge is 0.337 e. The van der Waals surface area contributed by atoms with Crippen LogP contribution in [-0.2, 0) is 9.59 Å². The average molecular weight is 367 g/mol. The molecule has 0 aromatic carbocycles. The predicted molar refractivity (Wildman–Crippen MR) is 93.3 cm³/mol. The standard InChI is InChI=1S/C18H29N3O5/c1-17(26,15(23)24)10-20-14(22)2-3-19-16(25)21-18-7-11-4-12(8-18)6-13(5-11)9-18/h11-13,26H,2-10H2,1H3,(H,20,22)(H,23,24)(H2,19,21,25). The maximum absolute atomic E-state index is 12.2. The van der Waals surface area contributed by atoms with Crippen molar-refractivity contribution in [3.05, 3.63) is 0 Å². The quantitative estimate of drug-likeness (QED) is 0.450. The van der Waals surface area contributed by atoms with E-state index in [4.69, 9.17) is 5.11 Å². The summed E-state index contributed by atoms with van der Waals surface area (Å²) in [7, 11) is 0. The third kappa shape index (κ3) is 4.28. The number of carbonyl (C=O) groups is 3. The molecule has 4 saturated carbocycles. The zero-order valence-electron chi connectivity index (χ0n) is 15.2. The van der Waals surface area contributed by atoms with E-state index in [1.54, 1.807) is 0 Å². The van der Waals surface area contributed by atoms with E-state index in [1.165, 1.54) is 19.3 Å². The molecule has 146 valence electrons. The SMILES string of the molecule is CC(O)(CNC(=O)CCNC(=O)NC12CC3CC(CC(C3)C1)C2)C(=O)O. The Kier molecular flexibility index (Phi) is 5.14. The minimum atomic E-state index is -2.00. The van der Waals surface area contributed by atoms with Gasteiger partial charge in [-0.05, 0) is 63.2 Å². The second-order valence-electron chi connectivity index (χ2n) is 8.68. The first-order chi connectivity index (χ1) is 12.2. The first-order valence-corrected chi connectivity index (χ1v) is 9.46. The van der Waals surface area contributed by atoms with E-state index in [0.29, 0.717) is 0 Å². The molecule has 4 bridgehead atoms. The molecule has 0 aromatic rings. The molecule has 5 N–H and O–H groups in total. The third-order valence-corrected chi connectivity index (χ3v) is 6.15. The van der Waals surface area contributed by atoms with Crippen molar-refractivity contribution in [2.45, 2.75) is 63.0 Å². The first kappa shape index (κ1) is 18.9. The molecule has 0 heterocycles. The number of rotatable bonds is 7. The molecule has 4 aliphatic carbocycles. The van der Waals surface area contributed by atoms with E-state index in [2.05, 4.69) is 16.0 Å². The number of carboxylic acid groups (broad SMARTS) is 1. The van der Waals surface area contributed by atoms with Crippen molar-refractivity contribution in [3.8, 4) is 0 Å². The summed E-state index contributed by atoms with van der Waals surface area (Å²) in [5.74, 6) is 0.422. The fraction of sp³-hybridized carbons (Fsp3) is 0.833. The van der Waals surface area contributed by atoms with Crippen molar-refractivity contribution in [2.75, 3.05) is 13.1 Å². The molecule has 0 radical (unpaired) electrons. The van der Waals surface area contributed by atoms with Gasteiger partial charge in [-0.25, -0.2) is 9.59 Å². The summed E-state index contributed by atoms with van der Waals surface area (Å²) in [4.78, 5) is 34.7. The van der Waals surface area contributed by atoms with Crippen molar-refractivity contribution in [1.82, 2.24) is 16.0 Å². The number of amides is 3. The van der Waals surface area contributed by atoms with Crippen LogP contribution in [0.1, 0.15) is 51.9 Å². The molecule has 4 rings (SSSR count). The summed E-state index contributed by atoms with van der Waals surface area (Å²) in [6.07, 6.45) is 7.16. The number of hydrogen-bond acceptors (Lipinski definition) is 4. The number of hydrogen-bond donors (Lipinski definition) is 5. The van der Waals surface area contributed by atoms with Gasteiger partial charge in [0.15, 0.2) is 5.60 Å². The molecule has 4 aliphatic rings. The van der Waals surface area contributed by atoms with Crippen LogP contribution in [0.2, 0.25) is 0 Å². The summed E-state index contributed by atoms with van der Waals surface area (Å²) in [6, 6.07) is -0.239. The van der Waals surface area contributed by atoms with Gasteiger partial charge in [0.25, 0.3) is 0 Å². The maximum atomic E-state index is 12.2. The second-order valence-corrected chi connectivity index (χ2v) is 8.68. The van der Waals surface area contributed by atoms with Crippen LogP contribution in [0.5, 0.6) is 0 Å². The van der Waals surface area contributed by atoms with Gasteiger partial charge in [0.2, 0.25) is 5.91 Å². The molecular weight excluding hydrogens is 338 g/mol. The topological polar surface area (TPSA) is 128 Å². The Morgan fingerprint density at radius 1 is 1.04 bits per heavy atom. The van der Waals surface area contributed by atoms with Crippen LogP contribution in [0.15, 0.2) is 0 Å². The maximum Gasteiger partial charge on any atom is 0.337 e. The van der Waals surface area contributed by atoms with Crippen molar-refractivity contribution in [2.24, 2.45) is 17.8 Å². The largest absolute Gasteiger partial charge is 0.479 e. The first-order valence-electron chi connectivity index (χ1n) is 9.46. The summed E-state index contributed by atoms with van der Waals surface area (Å²) in [5.41, 5.74) is -2.07. The lowest BCUT2D eigenvalue weighted by molar-refractivity contribution is -0.156. The van der Waals surface area contributed by atoms with E-state index in [-0.39, 0.29) is 31.1 Å². The lowest BCUT2D eigenvalue weighted by atomic mass is 9.53. The molecule has 0 spiro atoms. The molecule has 4 fully saturated rings. The van der Waals surface area contributed by atoms with E-state index in [0.717, 1.165) is 43.9 Å². The summed E-state index contributed by atoms with van der Waals surface area (Å²) in [6.45, 7) is 0.909. The minimum absolute atomic E-state index is 0.0317. The highest BCUT2D eigenvalue weighted by molar-refractivity contribution is 5.81. The van der Waals surface area contributed by atoms with Gasteiger partial charge in [-0.1, -0.05) is 0 Å². The molecule has 8 nitrogen and oxygen atoms in total. The highest BCUT2D eigenvalue weighted by atomic mass is 16.4. The van der Waals surface area contributed by atoms with E-state index >= 15 is 0 Å². The number of aliphatic hydroxyl groups is 1. The normalized spacial score (nSPS) is 34.0. The van der Waals surface area contributed by atoms with Crippen molar-refractivity contribution < 1.29 is 24.6 Å². The molecule has 0 saturated heterocycles. The minimum Gasteiger partial charge on any atom is -0.479 e. The van der Waals surface area contributed by atoms with E-state index in [9.17, 15) is 19.5 Å². The van der Waals surface area contributed by atoms with E-state index < -0.39 is 17.5 Å². The van der Waals surface area contributed by atoms with Gasteiger partial charge in [0, 0.05) is 18.5 Å².